The predicted molar refractivity (Wildman–Crippen MR) is 108 cm³/mol. The number of aliphatic hydroxyl groups is 1. The van der Waals surface area contributed by atoms with Crippen LogP contribution in [0, 0.1) is 0 Å². The molecule has 0 spiro atoms. The number of para-hydroxylation sites is 1. The second kappa shape index (κ2) is 8.16. The number of benzene rings is 2. The molecule has 31 heavy (non-hydrogen) atoms. The average Bonchev–Trinajstić information content (AvgIpc) is 3.37. The molecule has 0 bridgehead atoms. The van der Waals surface area contributed by atoms with Crippen LogP contribution in [0.4, 0.5) is 13.2 Å². The van der Waals surface area contributed by atoms with Crippen molar-refractivity contribution in [2.24, 2.45) is 5.10 Å². The number of rotatable bonds is 5. The van der Waals surface area contributed by atoms with Gasteiger partial charge in [-0.3, -0.25) is 9.36 Å². The predicted octanol–water partition coefficient (Wildman–Crippen LogP) is 3.50. The SMILES string of the molecule is O=C(CSc1nnc(-c2ccccc2)n1-c1ccccc1)N1N=CC[C@]1(O)C(F)(F)F. The van der Waals surface area contributed by atoms with E-state index >= 15 is 0 Å². The van der Waals surface area contributed by atoms with E-state index in [1.165, 1.54) is 0 Å². The standard InChI is InChI=1S/C20H16F3N5O2S/c21-20(22,23)19(30)11-12-24-28(19)16(29)13-31-18-26-25-17(14-7-3-1-4-8-14)27(18)15-9-5-2-6-10-15/h1-10,12,30H,11,13H2/t19-/m0/s1. The first-order chi connectivity index (χ1) is 14.8. The van der Waals surface area contributed by atoms with Crippen molar-refractivity contribution in [3.8, 4) is 17.1 Å². The molecule has 0 fully saturated rings. The minimum absolute atomic E-state index is 0.0847. The highest BCUT2D eigenvalue weighted by Gasteiger charge is 2.61. The summed E-state index contributed by atoms with van der Waals surface area (Å²) in [5.41, 5.74) is -1.83. The van der Waals surface area contributed by atoms with Crippen molar-refractivity contribution < 1.29 is 23.1 Å². The second-order valence-electron chi connectivity index (χ2n) is 6.65. The monoisotopic (exact) mass is 447 g/mol. The van der Waals surface area contributed by atoms with Crippen molar-refractivity contribution in [2.45, 2.75) is 23.5 Å². The van der Waals surface area contributed by atoms with Crippen LogP contribution in [0.15, 0.2) is 70.9 Å². The molecule has 11 heteroatoms. The third-order valence-electron chi connectivity index (χ3n) is 4.62. The Morgan fingerprint density at radius 3 is 2.35 bits per heavy atom. The van der Waals surface area contributed by atoms with Crippen LogP contribution in [0.2, 0.25) is 0 Å². The Morgan fingerprint density at radius 2 is 1.71 bits per heavy atom. The Labute approximate surface area is 179 Å². The highest BCUT2D eigenvalue weighted by Crippen LogP contribution is 2.39. The number of hydrogen-bond donors (Lipinski definition) is 1. The molecule has 0 saturated heterocycles. The fourth-order valence-electron chi connectivity index (χ4n) is 3.07. The zero-order valence-electron chi connectivity index (χ0n) is 15.9. The zero-order chi connectivity index (χ0) is 22.1. The van der Waals surface area contributed by atoms with E-state index in [0.29, 0.717) is 11.0 Å². The molecular formula is C20H16F3N5O2S. The van der Waals surface area contributed by atoms with Crippen molar-refractivity contribution in [1.82, 2.24) is 19.8 Å². The third-order valence-corrected chi connectivity index (χ3v) is 5.53. The molecule has 1 amide bonds. The molecule has 1 atom stereocenters. The lowest BCUT2D eigenvalue weighted by Crippen LogP contribution is -2.56. The first kappa shape index (κ1) is 21.1. The number of carbonyl (C=O) groups excluding carboxylic acids is 1. The van der Waals surface area contributed by atoms with Crippen LogP contribution in [0.5, 0.6) is 0 Å². The van der Waals surface area contributed by atoms with E-state index in [1.807, 2.05) is 60.7 Å². The van der Waals surface area contributed by atoms with Gasteiger partial charge in [-0.15, -0.1) is 10.2 Å². The zero-order valence-corrected chi connectivity index (χ0v) is 16.7. The molecule has 0 saturated carbocycles. The molecule has 1 aromatic heterocycles. The van der Waals surface area contributed by atoms with Crippen LogP contribution in [0.25, 0.3) is 17.1 Å². The summed E-state index contributed by atoms with van der Waals surface area (Å²) in [7, 11) is 0. The maximum absolute atomic E-state index is 13.2. The first-order valence-corrected chi connectivity index (χ1v) is 10.1. The Bertz CT molecular complexity index is 1110. The van der Waals surface area contributed by atoms with Gasteiger partial charge in [-0.2, -0.15) is 23.3 Å². The van der Waals surface area contributed by atoms with E-state index in [0.717, 1.165) is 29.2 Å². The highest BCUT2D eigenvalue weighted by molar-refractivity contribution is 7.99. The average molecular weight is 447 g/mol. The van der Waals surface area contributed by atoms with Gasteiger partial charge < -0.3 is 5.11 Å². The van der Waals surface area contributed by atoms with Gasteiger partial charge in [0, 0.05) is 23.9 Å². The number of amides is 1. The number of aromatic nitrogens is 3. The van der Waals surface area contributed by atoms with Crippen LogP contribution < -0.4 is 0 Å². The van der Waals surface area contributed by atoms with Crippen LogP contribution in [0.3, 0.4) is 0 Å². The summed E-state index contributed by atoms with van der Waals surface area (Å²) in [5, 5.41) is 22.1. The van der Waals surface area contributed by atoms with E-state index < -0.39 is 30.0 Å². The van der Waals surface area contributed by atoms with E-state index in [4.69, 9.17) is 0 Å². The largest absolute Gasteiger partial charge is 0.438 e. The molecule has 160 valence electrons. The van der Waals surface area contributed by atoms with Gasteiger partial charge in [0.15, 0.2) is 11.0 Å². The highest BCUT2D eigenvalue weighted by atomic mass is 32.2. The molecule has 1 aliphatic rings. The number of alkyl halides is 3. The molecule has 0 radical (unpaired) electrons. The summed E-state index contributed by atoms with van der Waals surface area (Å²) in [6.45, 7) is 0. The van der Waals surface area contributed by atoms with Gasteiger partial charge in [0.25, 0.3) is 11.6 Å². The minimum Gasteiger partial charge on any atom is -0.362 e. The van der Waals surface area contributed by atoms with Crippen LogP contribution in [0.1, 0.15) is 6.42 Å². The summed E-state index contributed by atoms with van der Waals surface area (Å²) in [4.78, 5) is 12.5. The quantitative estimate of drug-likeness (QED) is 0.606. The number of nitrogens with zero attached hydrogens (tertiary/aromatic N) is 5. The lowest BCUT2D eigenvalue weighted by atomic mass is 10.1. The van der Waals surface area contributed by atoms with E-state index in [-0.39, 0.29) is 5.01 Å². The summed E-state index contributed by atoms with van der Waals surface area (Å²) in [6.07, 6.45) is -4.98. The number of carbonyl (C=O) groups is 1. The van der Waals surface area contributed by atoms with Gasteiger partial charge in [-0.1, -0.05) is 60.3 Å². The van der Waals surface area contributed by atoms with E-state index in [2.05, 4.69) is 15.3 Å². The smallest absolute Gasteiger partial charge is 0.362 e. The van der Waals surface area contributed by atoms with Crippen molar-refractivity contribution in [3.63, 3.8) is 0 Å². The van der Waals surface area contributed by atoms with Crippen LogP contribution in [-0.2, 0) is 4.79 Å². The summed E-state index contributed by atoms with van der Waals surface area (Å²) in [5.74, 6) is -0.898. The molecule has 1 N–H and O–H groups in total. The Morgan fingerprint density at radius 1 is 1.06 bits per heavy atom. The van der Waals surface area contributed by atoms with E-state index in [1.54, 1.807) is 4.57 Å². The van der Waals surface area contributed by atoms with Gasteiger partial charge in [0.05, 0.1) is 5.75 Å². The van der Waals surface area contributed by atoms with Crippen molar-refractivity contribution in [3.05, 3.63) is 60.7 Å². The van der Waals surface area contributed by atoms with Crippen LogP contribution >= 0.6 is 11.8 Å². The molecule has 4 rings (SSSR count). The molecule has 1 aliphatic heterocycles. The normalized spacial score (nSPS) is 18.5. The van der Waals surface area contributed by atoms with E-state index in [9.17, 15) is 23.1 Å². The van der Waals surface area contributed by atoms with Gasteiger partial charge in [-0.25, -0.2) is 0 Å². The summed E-state index contributed by atoms with van der Waals surface area (Å²) in [6, 6.07) is 18.4. The lowest BCUT2D eigenvalue weighted by molar-refractivity contribution is -0.301. The van der Waals surface area contributed by atoms with Crippen molar-refractivity contribution >= 4 is 23.9 Å². The number of halogens is 3. The molecule has 3 aromatic rings. The fourth-order valence-corrected chi connectivity index (χ4v) is 3.87. The summed E-state index contributed by atoms with van der Waals surface area (Å²) >= 11 is 0.910. The molecular weight excluding hydrogens is 431 g/mol. The Balaban J connectivity index is 1.62. The number of thioether (sulfide) groups is 1. The maximum Gasteiger partial charge on any atom is 0.438 e. The maximum atomic E-state index is 13.2. The minimum atomic E-state index is -5.03. The number of hydrogen-bond acceptors (Lipinski definition) is 6. The number of hydrazone groups is 1. The van der Waals surface area contributed by atoms with Gasteiger partial charge in [0.1, 0.15) is 0 Å². The van der Waals surface area contributed by atoms with Crippen LogP contribution in [-0.4, -0.2) is 54.7 Å². The van der Waals surface area contributed by atoms with Crippen molar-refractivity contribution in [1.29, 1.82) is 0 Å². The topological polar surface area (TPSA) is 83.6 Å². The fraction of sp³-hybridized carbons (Fsp3) is 0.200. The molecule has 2 heterocycles. The van der Waals surface area contributed by atoms with Gasteiger partial charge >= 0.3 is 6.18 Å². The Hall–Kier alpha value is -3.18. The van der Waals surface area contributed by atoms with Crippen molar-refractivity contribution in [2.75, 3.05) is 5.75 Å². The lowest BCUT2D eigenvalue weighted by Gasteiger charge is -2.32. The van der Waals surface area contributed by atoms with Gasteiger partial charge in [0.2, 0.25) is 0 Å². The molecule has 7 nitrogen and oxygen atoms in total. The molecule has 2 aromatic carbocycles. The first-order valence-electron chi connectivity index (χ1n) is 9.15. The Kier molecular flexibility index (Phi) is 5.54. The molecule has 0 unspecified atom stereocenters. The second-order valence-corrected chi connectivity index (χ2v) is 7.60. The molecule has 0 aliphatic carbocycles. The van der Waals surface area contributed by atoms with Gasteiger partial charge in [-0.05, 0) is 12.1 Å². The summed E-state index contributed by atoms with van der Waals surface area (Å²) < 4.78 is 41.4. The third kappa shape index (κ3) is 3.93.